The number of furan rings is 1. The average Bonchev–Trinajstić information content (AvgIpc) is 2.89. The third-order valence-electron chi connectivity index (χ3n) is 4.21. The van der Waals surface area contributed by atoms with Crippen molar-refractivity contribution in [3.63, 3.8) is 0 Å². The Morgan fingerprint density at radius 3 is 2.82 bits per heavy atom. The smallest absolute Gasteiger partial charge is 0.289 e. The number of amides is 1. The van der Waals surface area contributed by atoms with Crippen LogP contribution in [0.25, 0.3) is 0 Å². The van der Waals surface area contributed by atoms with E-state index in [2.05, 4.69) is 0 Å². The third-order valence-corrected chi connectivity index (χ3v) is 5.60. The predicted octanol–water partition coefficient (Wildman–Crippen LogP) is 0.458. The highest BCUT2D eigenvalue weighted by molar-refractivity contribution is 7.88. The fourth-order valence-corrected chi connectivity index (χ4v) is 4.24. The maximum atomic E-state index is 12.7. The number of ether oxygens (including phenoxy) is 1. The van der Waals surface area contributed by atoms with Crippen molar-refractivity contribution in [3.05, 3.63) is 23.2 Å². The van der Waals surface area contributed by atoms with E-state index in [0.29, 0.717) is 45.0 Å². The molecule has 1 saturated heterocycles. The minimum Gasteiger partial charge on any atom is -0.458 e. The first-order chi connectivity index (χ1) is 10.4. The van der Waals surface area contributed by atoms with Gasteiger partial charge in [0, 0.05) is 43.2 Å². The maximum absolute atomic E-state index is 12.7. The van der Waals surface area contributed by atoms with Crippen LogP contribution in [0.15, 0.2) is 10.7 Å². The van der Waals surface area contributed by atoms with Gasteiger partial charge in [-0.25, -0.2) is 8.42 Å². The molecule has 0 unspecified atom stereocenters. The summed E-state index contributed by atoms with van der Waals surface area (Å²) < 4.78 is 35.6. The van der Waals surface area contributed by atoms with E-state index in [0.717, 1.165) is 11.1 Å². The molecule has 1 fully saturated rings. The second-order valence-electron chi connectivity index (χ2n) is 5.85. The molecule has 7 nitrogen and oxygen atoms in total. The highest BCUT2D eigenvalue weighted by Gasteiger charge is 2.34. The molecule has 22 heavy (non-hydrogen) atoms. The number of hydrogen-bond acceptors (Lipinski definition) is 5. The van der Waals surface area contributed by atoms with Crippen LogP contribution in [-0.4, -0.2) is 62.1 Å². The Morgan fingerprint density at radius 1 is 1.36 bits per heavy atom. The van der Waals surface area contributed by atoms with Crippen molar-refractivity contribution in [2.24, 2.45) is 0 Å². The molecule has 8 heteroatoms. The van der Waals surface area contributed by atoms with Crippen molar-refractivity contribution in [2.45, 2.75) is 26.0 Å². The minimum absolute atomic E-state index is 0.164. The highest BCUT2D eigenvalue weighted by atomic mass is 32.2. The SMILES string of the molecule is C[C@H]1CN(C(=O)c2occ3c2CCOC3)CCN1S(C)(=O)=O. The molecule has 1 aromatic rings. The van der Waals surface area contributed by atoms with Gasteiger partial charge in [0.25, 0.3) is 5.91 Å². The second kappa shape index (κ2) is 5.68. The first-order valence-electron chi connectivity index (χ1n) is 7.31. The van der Waals surface area contributed by atoms with Crippen LogP contribution in [0.1, 0.15) is 28.6 Å². The Hall–Kier alpha value is -1.38. The number of carbonyl (C=O) groups is 1. The number of nitrogens with zero attached hydrogens (tertiary/aromatic N) is 2. The summed E-state index contributed by atoms with van der Waals surface area (Å²) in [5.41, 5.74) is 1.85. The molecule has 0 N–H and O–H groups in total. The Labute approximate surface area is 129 Å². The number of rotatable bonds is 2. The summed E-state index contributed by atoms with van der Waals surface area (Å²) in [6.45, 7) is 3.94. The molecule has 0 radical (unpaired) electrons. The highest BCUT2D eigenvalue weighted by Crippen LogP contribution is 2.25. The number of sulfonamides is 1. The van der Waals surface area contributed by atoms with Gasteiger partial charge >= 0.3 is 0 Å². The van der Waals surface area contributed by atoms with E-state index in [1.54, 1.807) is 11.2 Å². The van der Waals surface area contributed by atoms with Crippen molar-refractivity contribution in [1.29, 1.82) is 0 Å². The number of carbonyl (C=O) groups excluding carboxylic acids is 1. The molecule has 0 aliphatic carbocycles. The quantitative estimate of drug-likeness (QED) is 0.788. The van der Waals surface area contributed by atoms with Crippen molar-refractivity contribution in [2.75, 3.05) is 32.5 Å². The van der Waals surface area contributed by atoms with Gasteiger partial charge in [-0.3, -0.25) is 4.79 Å². The molecule has 0 saturated carbocycles. The lowest BCUT2D eigenvalue weighted by atomic mass is 10.1. The van der Waals surface area contributed by atoms with Gasteiger partial charge in [-0.05, 0) is 6.92 Å². The fourth-order valence-electron chi connectivity index (χ4n) is 3.11. The molecule has 2 aliphatic heterocycles. The topological polar surface area (TPSA) is 80.1 Å². The van der Waals surface area contributed by atoms with E-state index in [-0.39, 0.29) is 11.9 Å². The molecule has 1 aromatic heterocycles. The normalized spacial score (nSPS) is 23.4. The largest absolute Gasteiger partial charge is 0.458 e. The van der Waals surface area contributed by atoms with Crippen LogP contribution < -0.4 is 0 Å². The molecule has 0 bridgehead atoms. The van der Waals surface area contributed by atoms with Crippen LogP contribution >= 0.6 is 0 Å². The van der Waals surface area contributed by atoms with Crippen LogP contribution in [0.4, 0.5) is 0 Å². The van der Waals surface area contributed by atoms with E-state index in [4.69, 9.17) is 9.15 Å². The van der Waals surface area contributed by atoms with Gasteiger partial charge in [0.2, 0.25) is 10.0 Å². The molecule has 3 rings (SSSR count). The van der Waals surface area contributed by atoms with Crippen LogP contribution in [0, 0.1) is 0 Å². The lowest BCUT2D eigenvalue weighted by Gasteiger charge is -2.38. The van der Waals surface area contributed by atoms with Gasteiger partial charge in [-0.1, -0.05) is 0 Å². The van der Waals surface area contributed by atoms with Crippen LogP contribution in [0.5, 0.6) is 0 Å². The zero-order chi connectivity index (χ0) is 15.9. The van der Waals surface area contributed by atoms with Gasteiger partial charge in [-0.2, -0.15) is 4.31 Å². The molecule has 122 valence electrons. The summed E-state index contributed by atoms with van der Waals surface area (Å²) in [7, 11) is -3.24. The number of hydrogen-bond donors (Lipinski definition) is 0. The van der Waals surface area contributed by atoms with Crippen molar-refractivity contribution >= 4 is 15.9 Å². The van der Waals surface area contributed by atoms with Gasteiger partial charge in [0.05, 0.1) is 25.7 Å². The fraction of sp³-hybridized carbons (Fsp3) is 0.643. The first kappa shape index (κ1) is 15.5. The first-order valence-corrected chi connectivity index (χ1v) is 9.16. The summed E-state index contributed by atoms with van der Waals surface area (Å²) >= 11 is 0. The number of fused-ring (bicyclic) bond motifs is 1. The monoisotopic (exact) mass is 328 g/mol. The number of piperazine rings is 1. The average molecular weight is 328 g/mol. The van der Waals surface area contributed by atoms with E-state index in [1.807, 2.05) is 6.92 Å². The lowest BCUT2D eigenvalue weighted by molar-refractivity contribution is 0.0608. The zero-order valence-corrected chi connectivity index (χ0v) is 13.6. The van der Waals surface area contributed by atoms with Crippen molar-refractivity contribution in [1.82, 2.24) is 9.21 Å². The van der Waals surface area contributed by atoms with Crippen LogP contribution in [-0.2, 0) is 27.8 Å². The molecule has 1 amide bonds. The van der Waals surface area contributed by atoms with E-state index in [9.17, 15) is 13.2 Å². The zero-order valence-electron chi connectivity index (χ0n) is 12.7. The van der Waals surface area contributed by atoms with E-state index in [1.165, 1.54) is 10.6 Å². The van der Waals surface area contributed by atoms with Crippen molar-refractivity contribution < 1.29 is 22.4 Å². The Bertz CT molecular complexity index is 681. The van der Waals surface area contributed by atoms with Gasteiger partial charge in [0.15, 0.2) is 5.76 Å². The maximum Gasteiger partial charge on any atom is 0.289 e. The standard InChI is InChI=1S/C14H20N2O5S/c1-10-7-15(4-5-16(10)22(2,18)19)14(17)13-12-3-6-20-8-11(12)9-21-13/h9-10H,3-8H2,1-2H3/t10-/m0/s1. The molecule has 0 spiro atoms. The summed E-state index contributed by atoms with van der Waals surface area (Å²) in [5, 5.41) is 0. The molecular formula is C14H20N2O5S. The molecular weight excluding hydrogens is 308 g/mol. The van der Waals surface area contributed by atoms with E-state index >= 15 is 0 Å². The predicted molar refractivity (Wildman–Crippen MR) is 79.0 cm³/mol. The molecule has 0 aromatic carbocycles. The minimum atomic E-state index is -3.24. The van der Waals surface area contributed by atoms with Crippen LogP contribution in [0.2, 0.25) is 0 Å². The molecule has 1 atom stereocenters. The van der Waals surface area contributed by atoms with Gasteiger partial charge in [-0.15, -0.1) is 0 Å². The Morgan fingerprint density at radius 2 is 2.14 bits per heavy atom. The second-order valence-corrected chi connectivity index (χ2v) is 7.78. The summed E-state index contributed by atoms with van der Waals surface area (Å²) in [6.07, 6.45) is 3.45. The summed E-state index contributed by atoms with van der Waals surface area (Å²) in [4.78, 5) is 14.3. The van der Waals surface area contributed by atoms with Crippen molar-refractivity contribution in [3.8, 4) is 0 Å². The van der Waals surface area contributed by atoms with E-state index < -0.39 is 10.0 Å². The molecule has 2 aliphatic rings. The Balaban J connectivity index is 1.76. The Kier molecular flexibility index (Phi) is 4.00. The van der Waals surface area contributed by atoms with Gasteiger partial charge in [0.1, 0.15) is 0 Å². The summed E-state index contributed by atoms with van der Waals surface area (Å²) in [5.74, 6) is 0.210. The lowest BCUT2D eigenvalue weighted by Crippen LogP contribution is -2.55. The third kappa shape index (κ3) is 2.78. The van der Waals surface area contributed by atoms with Crippen LogP contribution in [0.3, 0.4) is 0 Å². The summed E-state index contributed by atoms with van der Waals surface area (Å²) in [6, 6.07) is -0.234. The molecule has 3 heterocycles. The van der Waals surface area contributed by atoms with Gasteiger partial charge < -0.3 is 14.1 Å².